The second kappa shape index (κ2) is 12.0. The number of hydrogen-bond acceptors (Lipinski definition) is 5. The molecule has 0 saturated carbocycles. The highest BCUT2D eigenvalue weighted by molar-refractivity contribution is 6.35. The normalized spacial score (nSPS) is 10.9. The fourth-order valence-corrected chi connectivity index (χ4v) is 3.45. The van der Waals surface area contributed by atoms with Crippen LogP contribution in [-0.2, 0) is 4.79 Å². The van der Waals surface area contributed by atoms with Gasteiger partial charge in [-0.25, -0.2) is 0 Å². The molecular formula is C26H21Cl2NO4. The molecule has 0 amide bonds. The minimum Gasteiger partial charge on any atom is -0.493 e. The van der Waals surface area contributed by atoms with E-state index in [1.165, 1.54) is 7.11 Å². The Hall–Kier alpha value is -3.46. The van der Waals surface area contributed by atoms with E-state index in [0.29, 0.717) is 45.9 Å². The van der Waals surface area contributed by atoms with Crippen molar-refractivity contribution in [3.63, 3.8) is 0 Å². The molecule has 3 rings (SSSR count). The smallest absolute Gasteiger partial charge is 0.311 e. The minimum absolute atomic E-state index is 0.155. The van der Waals surface area contributed by atoms with Crippen molar-refractivity contribution in [2.75, 3.05) is 13.7 Å². The zero-order chi connectivity index (χ0) is 23.6. The SMILES string of the molecule is COc1cc(/C=C(/C#N)c2ccccc2)ccc1OC(=O)CCCOc1ccc(Cl)cc1Cl. The van der Waals surface area contributed by atoms with Gasteiger partial charge < -0.3 is 14.2 Å². The lowest BCUT2D eigenvalue weighted by atomic mass is 10.0. The molecule has 0 heterocycles. The summed E-state index contributed by atoms with van der Waals surface area (Å²) in [5.41, 5.74) is 2.08. The van der Waals surface area contributed by atoms with Crippen LogP contribution in [0, 0.1) is 11.3 Å². The van der Waals surface area contributed by atoms with Crippen molar-refractivity contribution in [2.24, 2.45) is 0 Å². The van der Waals surface area contributed by atoms with Crippen LogP contribution in [0.2, 0.25) is 10.0 Å². The molecule has 0 spiro atoms. The number of carbonyl (C=O) groups is 1. The molecule has 0 aromatic heterocycles. The molecule has 3 aromatic rings. The predicted molar refractivity (Wildman–Crippen MR) is 130 cm³/mol. The van der Waals surface area contributed by atoms with Crippen LogP contribution in [0.4, 0.5) is 0 Å². The predicted octanol–water partition coefficient (Wildman–Crippen LogP) is 6.83. The minimum atomic E-state index is -0.413. The third-order valence-electron chi connectivity index (χ3n) is 4.60. The molecule has 7 heteroatoms. The molecule has 168 valence electrons. The lowest BCUT2D eigenvalue weighted by molar-refractivity contribution is -0.134. The van der Waals surface area contributed by atoms with Crippen LogP contribution >= 0.6 is 23.2 Å². The Balaban J connectivity index is 1.58. The van der Waals surface area contributed by atoms with E-state index in [1.54, 1.807) is 42.5 Å². The number of rotatable bonds is 9. The maximum Gasteiger partial charge on any atom is 0.311 e. The van der Waals surface area contributed by atoms with E-state index in [2.05, 4.69) is 6.07 Å². The van der Waals surface area contributed by atoms with E-state index in [4.69, 9.17) is 37.4 Å². The lowest BCUT2D eigenvalue weighted by Gasteiger charge is -2.11. The van der Waals surface area contributed by atoms with Crippen molar-refractivity contribution in [2.45, 2.75) is 12.8 Å². The van der Waals surface area contributed by atoms with Crippen LogP contribution in [0.25, 0.3) is 11.6 Å². The highest BCUT2D eigenvalue weighted by Crippen LogP contribution is 2.31. The summed E-state index contributed by atoms with van der Waals surface area (Å²) in [7, 11) is 1.49. The van der Waals surface area contributed by atoms with E-state index < -0.39 is 5.97 Å². The second-order valence-corrected chi connectivity index (χ2v) is 7.79. The van der Waals surface area contributed by atoms with Crippen LogP contribution in [0.1, 0.15) is 24.0 Å². The Morgan fingerprint density at radius 3 is 2.45 bits per heavy atom. The van der Waals surface area contributed by atoms with Crippen LogP contribution in [-0.4, -0.2) is 19.7 Å². The van der Waals surface area contributed by atoms with Gasteiger partial charge in [0.1, 0.15) is 5.75 Å². The highest BCUT2D eigenvalue weighted by Gasteiger charge is 2.12. The molecule has 0 atom stereocenters. The number of halogens is 2. The summed E-state index contributed by atoms with van der Waals surface area (Å²) in [5.74, 6) is 0.794. The maximum absolute atomic E-state index is 12.3. The Kier molecular flexibility index (Phi) is 8.77. The van der Waals surface area contributed by atoms with Crippen molar-refractivity contribution in [1.82, 2.24) is 0 Å². The molecule has 3 aromatic carbocycles. The number of benzene rings is 3. The fraction of sp³-hybridized carbons (Fsp3) is 0.154. The summed E-state index contributed by atoms with van der Waals surface area (Å²) >= 11 is 11.9. The molecule has 0 bridgehead atoms. The van der Waals surface area contributed by atoms with E-state index in [0.717, 1.165) is 11.1 Å². The number of allylic oxidation sites excluding steroid dienone is 1. The van der Waals surface area contributed by atoms with E-state index in [1.807, 2.05) is 30.3 Å². The Morgan fingerprint density at radius 2 is 1.76 bits per heavy atom. The quantitative estimate of drug-likeness (QED) is 0.110. The Labute approximate surface area is 202 Å². The first-order valence-corrected chi connectivity index (χ1v) is 10.9. The number of nitrogens with zero attached hydrogens (tertiary/aromatic N) is 1. The van der Waals surface area contributed by atoms with E-state index >= 15 is 0 Å². The largest absolute Gasteiger partial charge is 0.493 e. The zero-order valence-corrected chi connectivity index (χ0v) is 19.4. The lowest BCUT2D eigenvalue weighted by Crippen LogP contribution is -2.10. The summed E-state index contributed by atoms with van der Waals surface area (Å²) in [6.07, 6.45) is 2.36. The van der Waals surface area contributed by atoms with E-state index in [-0.39, 0.29) is 6.42 Å². The van der Waals surface area contributed by atoms with Gasteiger partial charge in [0.2, 0.25) is 0 Å². The van der Waals surface area contributed by atoms with Crippen LogP contribution in [0.5, 0.6) is 17.2 Å². The van der Waals surface area contributed by atoms with Gasteiger partial charge in [0, 0.05) is 11.4 Å². The zero-order valence-electron chi connectivity index (χ0n) is 17.9. The van der Waals surface area contributed by atoms with Gasteiger partial charge >= 0.3 is 5.97 Å². The monoisotopic (exact) mass is 481 g/mol. The van der Waals surface area contributed by atoms with Gasteiger partial charge in [0.15, 0.2) is 11.5 Å². The average Bonchev–Trinajstić information content (AvgIpc) is 2.82. The molecule has 33 heavy (non-hydrogen) atoms. The molecule has 5 nitrogen and oxygen atoms in total. The van der Waals surface area contributed by atoms with Crippen LogP contribution in [0.15, 0.2) is 66.7 Å². The first-order chi connectivity index (χ1) is 16.0. The number of nitriles is 1. The van der Waals surface area contributed by atoms with Crippen LogP contribution in [0.3, 0.4) is 0 Å². The molecule has 0 radical (unpaired) electrons. The highest BCUT2D eigenvalue weighted by atomic mass is 35.5. The number of hydrogen-bond donors (Lipinski definition) is 0. The van der Waals surface area contributed by atoms with Crippen LogP contribution < -0.4 is 14.2 Å². The Bertz CT molecular complexity index is 1190. The first kappa shape index (κ1) is 24.2. The maximum atomic E-state index is 12.3. The third kappa shape index (κ3) is 7.01. The van der Waals surface area contributed by atoms with Crippen molar-refractivity contribution in [3.8, 4) is 23.3 Å². The summed E-state index contributed by atoms with van der Waals surface area (Å²) in [6, 6.07) is 21.7. The van der Waals surface area contributed by atoms with Gasteiger partial charge in [-0.2, -0.15) is 5.26 Å². The Morgan fingerprint density at radius 1 is 1.00 bits per heavy atom. The van der Waals surface area contributed by atoms with Gasteiger partial charge in [-0.3, -0.25) is 4.79 Å². The summed E-state index contributed by atoms with van der Waals surface area (Å²) in [5, 5.41) is 10.4. The number of carbonyl (C=O) groups excluding carboxylic acids is 1. The summed E-state index contributed by atoms with van der Waals surface area (Å²) in [4.78, 5) is 12.3. The number of ether oxygens (including phenoxy) is 3. The van der Waals surface area contributed by atoms with E-state index in [9.17, 15) is 10.1 Å². The van der Waals surface area contributed by atoms with Crippen molar-refractivity contribution >= 4 is 40.8 Å². The number of esters is 1. The second-order valence-electron chi connectivity index (χ2n) is 6.95. The van der Waals surface area contributed by atoms with Gasteiger partial charge in [-0.1, -0.05) is 59.6 Å². The standard InChI is InChI=1S/C26H21Cl2NO4/c1-31-25-15-18(14-20(17-29)19-6-3-2-4-7-19)9-11-24(25)33-26(30)8-5-13-32-23-12-10-21(27)16-22(23)28/h2-4,6-7,9-12,14-16H,5,8,13H2,1H3/b20-14-. The van der Waals surface area contributed by atoms with Gasteiger partial charge in [0.25, 0.3) is 0 Å². The topological polar surface area (TPSA) is 68.5 Å². The van der Waals surface area contributed by atoms with Gasteiger partial charge in [0.05, 0.1) is 30.4 Å². The molecular weight excluding hydrogens is 461 g/mol. The molecule has 0 N–H and O–H groups in total. The van der Waals surface area contributed by atoms with Crippen molar-refractivity contribution < 1.29 is 19.0 Å². The first-order valence-electron chi connectivity index (χ1n) is 10.1. The summed E-state index contributed by atoms with van der Waals surface area (Å²) in [6.45, 7) is 0.299. The molecule has 0 fully saturated rings. The molecule has 0 aliphatic heterocycles. The average molecular weight is 482 g/mol. The van der Waals surface area contributed by atoms with Gasteiger partial charge in [-0.05, 0) is 54.0 Å². The summed E-state index contributed by atoms with van der Waals surface area (Å²) < 4.78 is 16.4. The van der Waals surface area contributed by atoms with Crippen molar-refractivity contribution in [1.29, 1.82) is 5.26 Å². The molecule has 0 aliphatic rings. The fourth-order valence-electron chi connectivity index (χ4n) is 2.99. The molecule has 0 unspecified atom stereocenters. The van der Waals surface area contributed by atoms with Crippen molar-refractivity contribution in [3.05, 3.63) is 87.9 Å². The third-order valence-corrected chi connectivity index (χ3v) is 5.13. The molecule has 0 aliphatic carbocycles. The van der Waals surface area contributed by atoms with Gasteiger partial charge in [-0.15, -0.1) is 0 Å². The number of methoxy groups -OCH3 is 1. The molecule has 0 saturated heterocycles.